The summed E-state index contributed by atoms with van der Waals surface area (Å²) in [5, 5.41) is 5.53. The minimum atomic E-state index is -0.836. The SMILES string of the molecule is COC(=O)c1ccc(CNC(=O)CN2C(=O)NC3(CCCCCC3)C2=O)cc1. The van der Waals surface area contributed by atoms with E-state index in [9.17, 15) is 19.2 Å². The molecule has 1 aromatic carbocycles. The number of nitrogens with one attached hydrogen (secondary N) is 2. The molecule has 1 aromatic rings. The highest BCUT2D eigenvalue weighted by atomic mass is 16.5. The molecular weight excluding hydrogens is 362 g/mol. The monoisotopic (exact) mass is 387 g/mol. The zero-order chi connectivity index (χ0) is 20.1. The van der Waals surface area contributed by atoms with Crippen molar-refractivity contribution in [3.8, 4) is 0 Å². The molecule has 8 heteroatoms. The van der Waals surface area contributed by atoms with Crippen LogP contribution < -0.4 is 10.6 Å². The molecule has 150 valence electrons. The Balaban J connectivity index is 1.55. The van der Waals surface area contributed by atoms with Gasteiger partial charge in [-0.05, 0) is 30.5 Å². The summed E-state index contributed by atoms with van der Waals surface area (Å²) in [7, 11) is 1.31. The van der Waals surface area contributed by atoms with Crippen LogP contribution in [0.1, 0.15) is 54.4 Å². The molecule has 2 aliphatic rings. The largest absolute Gasteiger partial charge is 0.465 e. The zero-order valence-electron chi connectivity index (χ0n) is 16.0. The Morgan fingerprint density at radius 3 is 2.36 bits per heavy atom. The van der Waals surface area contributed by atoms with Crippen molar-refractivity contribution in [3.05, 3.63) is 35.4 Å². The molecule has 0 atom stereocenters. The van der Waals surface area contributed by atoms with Crippen LogP contribution in [0.2, 0.25) is 0 Å². The van der Waals surface area contributed by atoms with E-state index in [4.69, 9.17) is 0 Å². The predicted octanol–water partition coefficient (Wildman–Crippen LogP) is 1.73. The Morgan fingerprint density at radius 2 is 1.75 bits per heavy atom. The fraction of sp³-hybridized carbons (Fsp3) is 0.500. The van der Waals surface area contributed by atoms with Crippen LogP contribution in [-0.4, -0.2) is 47.9 Å². The second-order valence-corrected chi connectivity index (χ2v) is 7.28. The molecule has 0 bridgehead atoms. The van der Waals surface area contributed by atoms with Gasteiger partial charge >= 0.3 is 12.0 Å². The first-order chi connectivity index (χ1) is 13.4. The maximum Gasteiger partial charge on any atom is 0.337 e. The summed E-state index contributed by atoms with van der Waals surface area (Å²) in [6, 6.07) is 6.15. The van der Waals surface area contributed by atoms with Gasteiger partial charge in [-0.3, -0.25) is 14.5 Å². The van der Waals surface area contributed by atoms with Crippen molar-refractivity contribution in [1.29, 1.82) is 0 Å². The van der Waals surface area contributed by atoms with Gasteiger partial charge < -0.3 is 15.4 Å². The highest BCUT2D eigenvalue weighted by molar-refractivity contribution is 6.09. The number of imide groups is 1. The first-order valence-electron chi connectivity index (χ1n) is 9.53. The quantitative estimate of drug-likeness (QED) is 0.591. The predicted molar refractivity (Wildman–Crippen MR) is 100 cm³/mol. The highest BCUT2D eigenvalue weighted by Crippen LogP contribution is 2.32. The lowest BCUT2D eigenvalue weighted by molar-refractivity contribution is -0.135. The Labute approximate surface area is 163 Å². The van der Waals surface area contributed by atoms with E-state index in [-0.39, 0.29) is 19.0 Å². The van der Waals surface area contributed by atoms with Gasteiger partial charge in [0, 0.05) is 6.54 Å². The molecule has 2 N–H and O–H groups in total. The molecule has 1 aliphatic carbocycles. The number of esters is 1. The van der Waals surface area contributed by atoms with E-state index in [0.717, 1.165) is 36.1 Å². The van der Waals surface area contributed by atoms with Crippen molar-refractivity contribution in [3.63, 3.8) is 0 Å². The summed E-state index contributed by atoms with van der Waals surface area (Å²) in [5.41, 5.74) is 0.376. The third kappa shape index (κ3) is 4.16. The number of hydrogen-bond acceptors (Lipinski definition) is 5. The van der Waals surface area contributed by atoms with Crippen LogP contribution in [0.5, 0.6) is 0 Å². The molecule has 1 spiro atoms. The molecule has 4 amide bonds. The van der Waals surface area contributed by atoms with Gasteiger partial charge in [-0.1, -0.05) is 37.8 Å². The van der Waals surface area contributed by atoms with Gasteiger partial charge in [-0.2, -0.15) is 0 Å². The fourth-order valence-electron chi connectivity index (χ4n) is 3.77. The zero-order valence-corrected chi connectivity index (χ0v) is 16.0. The van der Waals surface area contributed by atoms with Crippen molar-refractivity contribution >= 4 is 23.8 Å². The molecule has 28 heavy (non-hydrogen) atoms. The second-order valence-electron chi connectivity index (χ2n) is 7.28. The Morgan fingerprint density at radius 1 is 1.11 bits per heavy atom. The number of amides is 4. The number of ether oxygens (including phenoxy) is 1. The third-order valence-corrected chi connectivity index (χ3v) is 5.37. The fourth-order valence-corrected chi connectivity index (χ4v) is 3.77. The molecule has 1 saturated heterocycles. The lowest BCUT2D eigenvalue weighted by atomic mass is 9.90. The standard InChI is InChI=1S/C20H25N3O5/c1-28-17(25)15-8-6-14(7-9-15)12-21-16(24)13-23-18(26)20(22-19(23)27)10-4-2-3-5-11-20/h6-9H,2-5,10-13H2,1H3,(H,21,24)(H,22,27). The first kappa shape index (κ1) is 19.9. The summed E-state index contributed by atoms with van der Waals surface area (Å²) in [5.74, 6) is -1.13. The van der Waals surface area contributed by atoms with Crippen LogP contribution in [-0.2, 0) is 20.9 Å². The molecule has 1 aliphatic heterocycles. The maximum atomic E-state index is 12.8. The van der Waals surface area contributed by atoms with Gasteiger partial charge in [0.25, 0.3) is 5.91 Å². The van der Waals surface area contributed by atoms with Crippen molar-refractivity contribution in [2.45, 2.75) is 50.6 Å². The number of benzene rings is 1. The van der Waals surface area contributed by atoms with Gasteiger partial charge in [0.2, 0.25) is 5.91 Å². The lowest BCUT2D eigenvalue weighted by Crippen LogP contribution is -2.47. The van der Waals surface area contributed by atoms with Crippen LogP contribution in [0.25, 0.3) is 0 Å². The summed E-state index contributed by atoms with van der Waals surface area (Å²) in [4.78, 5) is 49.8. The molecule has 8 nitrogen and oxygen atoms in total. The molecule has 1 heterocycles. The summed E-state index contributed by atoms with van der Waals surface area (Å²) in [6.07, 6.45) is 5.16. The Kier molecular flexibility index (Phi) is 5.96. The number of nitrogens with zero attached hydrogens (tertiary/aromatic N) is 1. The smallest absolute Gasteiger partial charge is 0.337 e. The van der Waals surface area contributed by atoms with Gasteiger partial charge in [0.05, 0.1) is 12.7 Å². The van der Waals surface area contributed by atoms with Crippen molar-refractivity contribution in [2.75, 3.05) is 13.7 Å². The van der Waals surface area contributed by atoms with Crippen molar-refractivity contribution in [1.82, 2.24) is 15.5 Å². The Bertz CT molecular complexity index is 767. The van der Waals surface area contributed by atoms with Crippen LogP contribution in [0.4, 0.5) is 4.79 Å². The number of hydrogen-bond donors (Lipinski definition) is 2. The van der Waals surface area contributed by atoms with E-state index in [1.165, 1.54) is 7.11 Å². The van der Waals surface area contributed by atoms with Gasteiger partial charge in [-0.15, -0.1) is 0 Å². The van der Waals surface area contributed by atoms with Crippen molar-refractivity contribution < 1.29 is 23.9 Å². The van der Waals surface area contributed by atoms with E-state index in [2.05, 4.69) is 15.4 Å². The maximum absolute atomic E-state index is 12.8. The molecule has 1 saturated carbocycles. The van der Waals surface area contributed by atoms with E-state index >= 15 is 0 Å². The normalized spacial score (nSPS) is 18.5. The highest BCUT2D eigenvalue weighted by Gasteiger charge is 2.51. The molecule has 3 rings (SSSR count). The van der Waals surface area contributed by atoms with Crippen LogP contribution >= 0.6 is 0 Å². The second kappa shape index (κ2) is 8.41. The van der Waals surface area contributed by atoms with Crippen LogP contribution in [0.15, 0.2) is 24.3 Å². The molecule has 0 radical (unpaired) electrons. The molecular formula is C20H25N3O5. The average Bonchev–Trinajstić information content (AvgIpc) is 2.87. The Hall–Kier alpha value is -2.90. The third-order valence-electron chi connectivity index (χ3n) is 5.37. The number of methoxy groups -OCH3 is 1. The number of carbonyl (C=O) groups excluding carboxylic acids is 4. The summed E-state index contributed by atoms with van der Waals surface area (Å²) in [6.45, 7) is -0.0677. The van der Waals surface area contributed by atoms with E-state index in [1.807, 2.05) is 0 Å². The summed E-state index contributed by atoms with van der Waals surface area (Å²) < 4.78 is 4.64. The first-order valence-corrected chi connectivity index (χ1v) is 9.53. The lowest BCUT2D eigenvalue weighted by Gasteiger charge is -2.24. The number of rotatable bonds is 5. The van der Waals surface area contributed by atoms with E-state index in [1.54, 1.807) is 24.3 Å². The van der Waals surface area contributed by atoms with Crippen LogP contribution in [0, 0.1) is 0 Å². The topological polar surface area (TPSA) is 105 Å². The van der Waals surface area contributed by atoms with Crippen LogP contribution in [0.3, 0.4) is 0 Å². The summed E-state index contributed by atoms with van der Waals surface area (Å²) >= 11 is 0. The minimum absolute atomic E-state index is 0.231. The van der Waals surface area contributed by atoms with E-state index < -0.39 is 23.4 Å². The van der Waals surface area contributed by atoms with Gasteiger partial charge in [0.15, 0.2) is 0 Å². The number of carbonyl (C=O) groups is 4. The average molecular weight is 387 g/mol. The van der Waals surface area contributed by atoms with E-state index in [0.29, 0.717) is 18.4 Å². The van der Waals surface area contributed by atoms with Gasteiger partial charge in [-0.25, -0.2) is 9.59 Å². The van der Waals surface area contributed by atoms with Gasteiger partial charge in [0.1, 0.15) is 12.1 Å². The molecule has 2 fully saturated rings. The molecule has 0 unspecified atom stereocenters. The number of urea groups is 1. The molecule has 0 aromatic heterocycles. The van der Waals surface area contributed by atoms with Crippen molar-refractivity contribution in [2.24, 2.45) is 0 Å². The minimum Gasteiger partial charge on any atom is -0.465 e.